The quantitative estimate of drug-likeness (QED) is 0.193. The first kappa shape index (κ1) is 22.6. The van der Waals surface area contributed by atoms with Gasteiger partial charge in [0.25, 0.3) is 0 Å². The molecular weight excluding hydrogens is 477 g/mol. The number of halogens is 1. The number of hydrogen-bond acceptors (Lipinski definition) is 6. The highest BCUT2D eigenvalue weighted by molar-refractivity contribution is 14.0. The second-order valence-corrected chi connectivity index (χ2v) is 8.27. The van der Waals surface area contributed by atoms with Crippen LogP contribution in [0.1, 0.15) is 6.42 Å². The van der Waals surface area contributed by atoms with Crippen LogP contribution in [0.25, 0.3) is 0 Å². The number of rotatable bonds is 9. The summed E-state index contributed by atoms with van der Waals surface area (Å²) in [5.74, 6) is 0.340. The first-order valence-corrected chi connectivity index (χ1v) is 10.3. The highest BCUT2D eigenvalue weighted by Gasteiger charge is 2.13. The third-order valence-corrected chi connectivity index (χ3v) is 6.36. The lowest BCUT2D eigenvalue weighted by Gasteiger charge is -2.26. The van der Waals surface area contributed by atoms with Gasteiger partial charge >= 0.3 is 0 Å². The lowest BCUT2D eigenvalue weighted by atomic mass is 10.3. The molecule has 0 atom stereocenters. The summed E-state index contributed by atoms with van der Waals surface area (Å²) in [6.45, 7) is 5.83. The smallest absolute Gasteiger partial charge is 0.250 e. The fourth-order valence-corrected chi connectivity index (χ4v) is 4.31. The van der Waals surface area contributed by atoms with E-state index >= 15 is 0 Å². The van der Waals surface area contributed by atoms with Gasteiger partial charge in [-0.25, -0.2) is 13.1 Å². The zero-order valence-electron chi connectivity index (χ0n) is 14.0. The molecule has 25 heavy (non-hydrogen) atoms. The third-order valence-electron chi connectivity index (χ3n) is 3.50. The van der Waals surface area contributed by atoms with E-state index in [0.29, 0.717) is 23.3 Å². The van der Waals surface area contributed by atoms with Crippen molar-refractivity contribution < 1.29 is 13.2 Å². The van der Waals surface area contributed by atoms with Crippen LogP contribution in [0.4, 0.5) is 0 Å². The van der Waals surface area contributed by atoms with E-state index in [1.165, 1.54) is 11.3 Å². The van der Waals surface area contributed by atoms with Crippen molar-refractivity contribution in [1.29, 1.82) is 0 Å². The molecular formula is C14H26IN5O3S2. The SMILES string of the molecule is I.NC(=NCCCN1CCOCC1)NCCNS(=O)(=O)c1cccs1. The van der Waals surface area contributed by atoms with E-state index in [0.717, 1.165) is 39.3 Å². The van der Waals surface area contributed by atoms with Gasteiger partial charge in [-0.05, 0) is 17.9 Å². The monoisotopic (exact) mass is 503 g/mol. The minimum Gasteiger partial charge on any atom is -0.379 e. The van der Waals surface area contributed by atoms with Crippen molar-refractivity contribution in [3.8, 4) is 0 Å². The van der Waals surface area contributed by atoms with Gasteiger partial charge in [0.05, 0.1) is 13.2 Å². The second kappa shape index (κ2) is 12.0. The number of morpholine rings is 1. The maximum atomic E-state index is 11.9. The molecule has 1 fully saturated rings. The Labute approximate surface area is 170 Å². The molecule has 8 nitrogen and oxygen atoms in total. The summed E-state index contributed by atoms with van der Waals surface area (Å²) in [5.41, 5.74) is 5.77. The molecule has 1 saturated heterocycles. The van der Waals surface area contributed by atoms with E-state index < -0.39 is 10.0 Å². The van der Waals surface area contributed by atoms with E-state index in [9.17, 15) is 8.42 Å². The van der Waals surface area contributed by atoms with Crippen molar-refractivity contribution >= 4 is 51.3 Å². The first-order chi connectivity index (χ1) is 11.6. The average Bonchev–Trinajstić information content (AvgIpc) is 3.12. The Kier molecular flexibility index (Phi) is 10.8. The Morgan fingerprint density at radius 3 is 2.80 bits per heavy atom. The highest BCUT2D eigenvalue weighted by Crippen LogP contribution is 2.14. The number of nitrogens with one attached hydrogen (secondary N) is 2. The van der Waals surface area contributed by atoms with Crippen LogP contribution in [-0.4, -0.2) is 71.8 Å². The summed E-state index contributed by atoms with van der Waals surface area (Å²) < 4.78 is 31.9. The molecule has 4 N–H and O–H groups in total. The van der Waals surface area contributed by atoms with Crippen LogP contribution in [-0.2, 0) is 14.8 Å². The Hall–Kier alpha value is -0.470. The largest absolute Gasteiger partial charge is 0.379 e. The van der Waals surface area contributed by atoms with Gasteiger partial charge in [-0.2, -0.15) is 0 Å². The van der Waals surface area contributed by atoms with Crippen LogP contribution in [0.3, 0.4) is 0 Å². The van der Waals surface area contributed by atoms with Crippen LogP contribution < -0.4 is 15.8 Å². The van der Waals surface area contributed by atoms with Gasteiger partial charge < -0.3 is 15.8 Å². The van der Waals surface area contributed by atoms with Crippen molar-refractivity contribution in [2.45, 2.75) is 10.6 Å². The molecule has 0 radical (unpaired) electrons. The molecule has 2 heterocycles. The maximum Gasteiger partial charge on any atom is 0.250 e. The third kappa shape index (κ3) is 8.64. The molecule has 1 aromatic heterocycles. The lowest BCUT2D eigenvalue weighted by molar-refractivity contribution is 0.0377. The van der Waals surface area contributed by atoms with Crippen molar-refractivity contribution in [3.63, 3.8) is 0 Å². The van der Waals surface area contributed by atoms with E-state index in [2.05, 4.69) is 19.9 Å². The Morgan fingerprint density at radius 1 is 1.36 bits per heavy atom. The van der Waals surface area contributed by atoms with Crippen molar-refractivity contribution in [3.05, 3.63) is 17.5 Å². The van der Waals surface area contributed by atoms with Crippen molar-refractivity contribution in [2.24, 2.45) is 10.7 Å². The minimum atomic E-state index is -3.42. The Balaban J connectivity index is 0.00000312. The van der Waals surface area contributed by atoms with Crippen LogP contribution >= 0.6 is 35.3 Å². The standard InChI is InChI=1S/C14H25N5O3S2.HI/c15-14(16-4-2-7-19-8-10-22-11-9-19)17-5-6-18-24(20,21)13-3-1-12-23-13;/h1,3,12,18H,2,4-11H2,(H3,15,16,17);1H. The zero-order chi connectivity index (χ0) is 17.3. The van der Waals surface area contributed by atoms with Gasteiger partial charge in [0, 0.05) is 39.3 Å². The predicted octanol–water partition coefficient (Wildman–Crippen LogP) is 0.271. The number of sulfonamides is 1. The normalized spacial score (nSPS) is 16.4. The number of thiophene rings is 1. The van der Waals surface area contributed by atoms with E-state index in [1.54, 1.807) is 17.5 Å². The van der Waals surface area contributed by atoms with Gasteiger partial charge in [-0.3, -0.25) is 9.89 Å². The highest BCUT2D eigenvalue weighted by atomic mass is 127. The molecule has 1 aliphatic heterocycles. The molecule has 0 aromatic carbocycles. The minimum absolute atomic E-state index is 0. The van der Waals surface area contributed by atoms with Crippen molar-refractivity contribution in [2.75, 3.05) is 52.5 Å². The molecule has 2 rings (SSSR count). The van der Waals surface area contributed by atoms with Crippen LogP contribution in [0.2, 0.25) is 0 Å². The number of hydrogen-bond donors (Lipinski definition) is 3. The Morgan fingerprint density at radius 2 is 2.12 bits per heavy atom. The van der Waals surface area contributed by atoms with Gasteiger partial charge in [0.15, 0.2) is 5.96 Å². The topological polar surface area (TPSA) is 109 Å². The van der Waals surface area contributed by atoms with Crippen LogP contribution in [0.15, 0.2) is 26.7 Å². The zero-order valence-corrected chi connectivity index (χ0v) is 18.0. The molecule has 0 saturated carbocycles. The van der Waals surface area contributed by atoms with E-state index in [-0.39, 0.29) is 30.5 Å². The molecule has 0 amide bonds. The number of aliphatic imine (C=N–C) groups is 1. The van der Waals surface area contributed by atoms with E-state index in [1.807, 2.05) is 0 Å². The second-order valence-electron chi connectivity index (χ2n) is 5.33. The molecule has 1 aromatic rings. The summed E-state index contributed by atoms with van der Waals surface area (Å²) in [5, 5.41) is 4.64. The summed E-state index contributed by atoms with van der Waals surface area (Å²) in [6.07, 6.45) is 0.938. The lowest BCUT2D eigenvalue weighted by Crippen LogP contribution is -2.39. The average molecular weight is 503 g/mol. The first-order valence-electron chi connectivity index (χ1n) is 7.95. The Bertz CT molecular complexity index is 604. The van der Waals surface area contributed by atoms with Crippen LogP contribution in [0, 0.1) is 0 Å². The van der Waals surface area contributed by atoms with Gasteiger partial charge in [-0.1, -0.05) is 6.07 Å². The van der Waals surface area contributed by atoms with E-state index in [4.69, 9.17) is 10.5 Å². The fraction of sp³-hybridized carbons (Fsp3) is 0.643. The number of guanidine groups is 1. The molecule has 11 heteroatoms. The summed E-state index contributed by atoms with van der Waals surface area (Å²) in [4.78, 5) is 6.59. The van der Waals surface area contributed by atoms with Crippen molar-refractivity contribution in [1.82, 2.24) is 14.9 Å². The molecule has 0 unspecified atom stereocenters. The molecule has 1 aliphatic rings. The van der Waals surface area contributed by atoms with Gasteiger partial charge in [0.1, 0.15) is 4.21 Å². The summed E-state index contributed by atoms with van der Waals surface area (Å²) >= 11 is 1.19. The fourth-order valence-electron chi connectivity index (χ4n) is 2.24. The summed E-state index contributed by atoms with van der Waals surface area (Å²) in [6, 6.07) is 3.28. The number of nitrogens with zero attached hydrogens (tertiary/aromatic N) is 2. The van der Waals surface area contributed by atoms with Gasteiger partial charge in [-0.15, -0.1) is 35.3 Å². The predicted molar refractivity (Wildman–Crippen MR) is 111 cm³/mol. The number of nitrogens with two attached hydrogens (primary N) is 1. The number of ether oxygens (including phenoxy) is 1. The van der Waals surface area contributed by atoms with Crippen LogP contribution in [0.5, 0.6) is 0 Å². The molecule has 0 aliphatic carbocycles. The molecule has 0 spiro atoms. The summed E-state index contributed by atoms with van der Waals surface area (Å²) in [7, 11) is -3.42. The maximum absolute atomic E-state index is 11.9. The molecule has 144 valence electrons. The van der Waals surface area contributed by atoms with Gasteiger partial charge in [0.2, 0.25) is 10.0 Å². The molecule has 0 bridgehead atoms.